The third-order valence-electron chi connectivity index (χ3n) is 2.48. The fourth-order valence-corrected chi connectivity index (χ4v) is 1.96. The summed E-state index contributed by atoms with van der Waals surface area (Å²) >= 11 is 5.95. The predicted octanol–water partition coefficient (Wildman–Crippen LogP) is 2.14. The summed E-state index contributed by atoms with van der Waals surface area (Å²) in [7, 11) is 0. The molecule has 1 aliphatic rings. The fraction of sp³-hybridized carbons (Fsp3) is 0.400. The highest BCUT2D eigenvalue weighted by Crippen LogP contribution is 2.40. The summed E-state index contributed by atoms with van der Waals surface area (Å²) in [6, 6.07) is 10.1. The number of hydrogen-bond donors (Lipinski definition) is 1. The van der Waals surface area contributed by atoms with Crippen LogP contribution in [0.25, 0.3) is 0 Å². The van der Waals surface area contributed by atoms with Gasteiger partial charge in [-0.2, -0.15) is 0 Å². The highest BCUT2D eigenvalue weighted by Gasteiger charge is 2.38. The van der Waals surface area contributed by atoms with Crippen molar-refractivity contribution in [3.8, 4) is 0 Å². The van der Waals surface area contributed by atoms with Crippen molar-refractivity contribution in [3.05, 3.63) is 35.9 Å². The van der Waals surface area contributed by atoms with Crippen LogP contribution in [0.5, 0.6) is 0 Å². The van der Waals surface area contributed by atoms with Crippen molar-refractivity contribution in [2.45, 2.75) is 23.8 Å². The monoisotopic (exact) mass is 182 g/mol. The molecule has 1 saturated carbocycles. The second-order valence-electron chi connectivity index (χ2n) is 3.26. The van der Waals surface area contributed by atoms with Gasteiger partial charge in [-0.25, -0.2) is 0 Å². The Morgan fingerprint density at radius 1 is 1.25 bits per heavy atom. The molecular formula is C10H11ClO. The first kappa shape index (κ1) is 8.09. The first-order valence-corrected chi connectivity index (χ1v) is 4.60. The van der Waals surface area contributed by atoms with Crippen molar-refractivity contribution in [2.24, 2.45) is 0 Å². The van der Waals surface area contributed by atoms with E-state index in [0.29, 0.717) is 5.92 Å². The standard InChI is InChI=1S/C10H11ClO/c11-10-8(6-9(10)12)7-4-2-1-3-5-7/h1-5,8-10,12H,6H2. The van der Waals surface area contributed by atoms with E-state index < -0.39 is 0 Å². The summed E-state index contributed by atoms with van der Waals surface area (Å²) in [5, 5.41) is 9.13. The van der Waals surface area contributed by atoms with Gasteiger partial charge in [-0.3, -0.25) is 0 Å². The molecule has 1 N–H and O–H groups in total. The molecule has 1 aromatic carbocycles. The molecule has 0 heterocycles. The van der Waals surface area contributed by atoms with Gasteiger partial charge in [0, 0.05) is 5.92 Å². The second kappa shape index (κ2) is 3.08. The van der Waals surface area contributed by atoms with E-state index in [1.807, 2.05) is 18.2 Å². The van der Waals surface area contributed by atoms with Crippen molar-refractivity contribution >= 4 is 11.6 Å². The predicted molar refractivity (Wildman–Crippen MR) is 49.4 cm³/mol. The van der Waals surface area contributed by atoms with Crippen LogP contribution < -0.4 is 0 Å². The van der Waals surface area contributed by atoms with Crippen LogP contribution in [0.15, 0.2) is 30.3 Å². The summed E-state index contributed by atoms with van der Waals surface area (Å²) in [6.07, 6.45) is 0.495. The average Bonchev–Trinajstić information content (AvgIpc) is 2.15. The van der Waals surface area contributed by atoms with Gasteiger partial charge in [-0.15, -0.1) is 11.6 Å². The largest absolute Gasteiger partial charge is 0.392 e. The van der Waals surface area contributed by atoms with Gasteiger partial charge >= 0.3 is 0 Å². The lowest BCUT2D eigenvalue weighted by molar-refractivity contribution is 0.0804. The van der Waals surface area contributed by atoms with Crippen LogP contribution in [0.4, 0.5) is 0 Å². The Hall–Kier alpha value is -0.530. The number of aliphatic hydroxyl groups is 1. The summed E-state index contributed by atoms with van der Waals surface area (Å²) in [6.45, 7) is 0. The number of hydrogen-bond acceptors (Lipinski definition) is 1. The Morgan fingerprint density at radius 2 is 1.92 bits per heavy atom. The molecule has 1 nitrogen and oxygen atoms in total. The van der Waals surface area contributed by atoms with Crippen molar-refractivity contribution in [3.63, 3.8) is 0 Å². The summed E-state index contributed by atoms with van der Waals surface area (Å²) in [5.74, 6) is 0.350. The second-order valence-corrected chi connectivity index (χ2v) is 3.77. The van der Waals surface area contributed by atoms with E-state index in [1.165, 1.54) is 5.56 Å². The molecule has 0 amide bonds. The van der Waals surface area contributed by atoms with Crippen LogP contribution in [-0.2, 0) is 0 Å². The molecule has 0 aliphatic heterocycles. The van der Waals surface area contributed by atoms with Crippen LogP contribution in [0, 0.1) is 0 Å². The minimum absolute atomic E-state index is 0.0904. The lowest BCUT2D eigenvalue weighted by atomic mass is 9.77. The highest BCUT2D eigenvalue weighted by molar-refractivity contribution is 6.22. The molecule has 2 heteroatoms. The molecule has 0 saturated heterocycles. The quantitative estimate of drug-likeness (QED) is 0.660. The Bertz CT molecular complexity index is 260. The Labute approximate surface area is 77.0 Å². The van der Waals surface area contributed by atoms with Gasteiger partial charge < -0.3 is 5.11 Å². The zero-order valence-corrected chi connectivity index (χ0v) is 7.41. The lowest BCUT2D eigenvalue weighted by Crippen LogP contribution is -2.40. The van der Waals surface area contributed by atoms with Crippen LogP contribution in [0.3, 0.4) is 0 Å². The number of alkyl halides is 1. The smallest absolute Gasteiger partial charge is 0.0716 e. The topological polar surface area (TPSA) is 20.2 Å². The normalized spacial score (nSPS) is 34.3. The first-order chi connectivity index (χ1) is 5.79. The average molecular weight is 183 g/mol. The molecule has 0 radical (unpaired) electrons. The highest BCUT2D eigenvalue weighted by atomic mass is 35.5. The minimum atomic E-state index is -0.308. The van der Waals surface area contributed by atoms with Gasteiger partial charge in [0.1, 0.15) is 0 Å². The van der Waals surface area contributed by atoms with Crippen molar-refractivity contribution in [1.82, 2.24) is 0 Å². The lowest BCUT2D eigenvalue weighted by Gasteiger charge is -2.37. The number of benzene rings is 1. The number of rotatable bonds is 1. The molecule has 64 valence electrons. The van der Waals surface area contributed by atoms with Crippen LogP contribution >= 0.6 is 11.6 Å². The van der Waals surface area contributed by atoms with Gasteiger partial charge in [-0.05, 0) is 12.0 Å². The molecule has 3 atom stereocenters. The van der Waals surface area contributed by atoms with E-state index in [9.17, 15) is 5.11 Å². The van der Waals surface area contributed by atoms with E-state index >= 15 is 0 Å². The van der Waals surface area contributed by atoms with Crippen molar-refractivity contribution < 1.29 is 5.11 Å². The third kappa shape index (κ3) is 1.23. The molecule has 0 bridgehead atoms. The van der Waals surface area contributed by atoms with Crippen LogP contribution in [-0.4, -0.2) is 16.6 Å². The van der Waals surface area contributed by atoms with Gasteiger partial charge in [0.2, 0.25) is 0 Å². The van der Waals surface area contributed by atoms with Crippen molar-refractivity contribution in [2.75, 3.05) is 0 Å². The van der Waals surface area contributed by atoms with E-state index in [1.54, 1.807) is 0 Å². The minimum Gasteiger partial charge on any atom is -0.392 e. The zero-order valence-electron chi connectivity index (χ0n) is 6.65. The molecule has 1 aliphatic carbocycles. The maximum Gasteiger partial charge on any atom is 0.0716 e. The molecule has 3 unspecified atom stereocenters. The zero-order chi connectivity index (χ0) is 8.55. The molecule has 0 spiro atoms. The molecule has 1 fully saturated rings. The SMILES string of the molecule is OC1CC(c2ccccc2)C1Cl. The van der Waals surface area contributed by atoms with E-state index in [2.05, 4.69) is 12.1 Å². The molecule has 12 heavy (non-hydrogen) atoms. The van der Waals surface area contributed by atoms with E-state index in [-0.39, 0.29) is 11.5 Å². The van der Waals surface area contributed by atoms with E-state index in [0.717, 1.165) is 6.42 Å². The van der Waals surface area contributed by atoms with Crippen molar-refractivity contribution in [1.29, 1.82) is 0 Å². The summed E-state index contributed by atoms with van der Waals surface area (Å²) < 4.78 is 0. The van der Waals surface area contributed by atoms with Crippen LogP contribution in [0.2, 0.25) is 0 Å². The van der Waals surface area contributed by atoms with Gasteiger partial charge in [0.25, 0.3) is 0 Å². The first-order valence-electron chi connectivity index (χ1n) is 4.16. The fourth-order valence-electron chi connectivity index (χ4n) is 1.61. The summed E-state index contributed by atoms with van der Waals surface area (Å²) in [4.78, 5) is 0. The Balaban J connectivity index is 2.13. The molecular weight excluding hydrogens is 172 g/mol. The molecule has 2 rings (SSSR count). The van der Waals surface area contributed by atoms with Gasteiger partial charge in [-0.1, -0.05) is 30.3 Å². The van der Waals surface area contributed by atoms with Gasteiger partial charge in [0.05, 0.1) is 11.5 Å². The summed E-state index contributed by atoms with van der Waals surface area (Å²) in [5.41, 5.74) is 1.24. The Morgan fingerprint density at radius 3 is 2.42 bits per heavy atom. The maximum atomic E-state index is 9.22. The van der Waals surface area contributed by atoms with Gasteiger partial charge in [0.15, 0.2) is 0 Å². The molecule has 1 aromatic rings. The Kier molecular flexibility index (Phi) is 2.07. The van der Waals surface area contributed by atoms with Crippen LogP contribution in [0.1, 0.15) is 17.9 Å². The maximum absolute atomic E-state index is 9.22. The number of aliphatic hydroxyl groups excluding tert-OH is 1. The number of halogens is 1. The third-order valence-corrected chi connectivity index (χ3v) is 3.07. The van der Waals surface area contributed by atoms with E-state index in [4.69, 9.17) is 11.6 Å². The molecule has 0 aromatic heterocycles.